The van der Waals surface area contributed by atoms with E-state index in [0.29, 0.717) is 11.9 Å². The summed E-state index contributed by atoms with van der Waals surface area (Å²) in [5.74, 6) is 0.808. The molecular formula is C15H24BrN3OS. The third-order valence-corrected chi connectivity index (χ3v) is 4.37. The van der Waals surface area contributed by atoms with Gasteiger partial charge < -0.3 is 15.4 Å². The lowest BCUT2D eigenvalue weighted by molar-refractivity contribution is 0.179. The first-order chi connectivity index (χ1) is 10.0. The number of guanidine groups is 1. The number of halogens is 1. The monoisotopic (exact) mass is 373 g/mol. The number of methoxy groups -OCH3 is 1. The lowest BCUT2D eigenvalue weighted by Gasteiger charge is -2.19. The molecule has 118 valence electrons. The van der Waals surface area contributed by atoms with Crippen LogP contribution >= 0.6 is 27.7 Å². The Bertz CT molecular complexity index is 439. The van der Waals surface area contributed by atoms with Gasteiger partial charge in [-0.1, -0.05) is 22.9 Å². The Balaban J connectivity index is 2.36. The van der Waals surface area contributed by atoms with Gasteiger partial charge in [0.25, 0.3) is 0 Å². The maximum absolute atomic E-state index is 5.11. The zero-order chi connectivity index (χ0) is 15.7. The Morgan fingerprint density at radius 3 is 2.57 bits per heavy atom. The predicted molar refractivity (Wildman–Crippen MR) is 95.3 cm³/mol. The molecule has 0 amide bonds. The van der Waals surface area contributed by atoms with E-state index >= 15 is 0 Å². The van der Waals surface area contributed by atoms with E-state index in [1.54, 1.807) is 14.2 Å². The molecule has 0 aliphatic carbocycles. The maximum atomic E-state index is 5.11. The van der Waals surface area contributed by atoms with Crippen molar-refractivity contribution in [3.8, 4) is 0 Å². The molecule has 0 bridgehead atoms. The Labute approximate surface area is 140 Å². The van der Waals surface area contributed by atoms with Crippen molar-refractivity contribution >= 4 is 33.7 Å². The number of benzene rings is 1. The van der Waals surface area contributed by atoms with Crippen molar-refractivity contribution < 1.29 is 4.74 Å². The van der Waals surface area contributed by atoms with Crippen LogP contribution in [0.5, 0.6) is 0 Å². The van der Waals surface area contributed by atoms with E-state index in [1.807, 2.05) is 11.8 Å². The highest BCUT2D eigenvalue weighted by Crippen LogP contribution is 2.24. The summed E-state index contributed by atoms with van der Waals surface area (Å²) < 4.78 is 6.22. The Kier molecular flexibility index (Phi) is 8.80. The molecule has 0 saturated heterocycles. The SMILES string of the molecule is CN=C(NCC(C)Sc1ccc(Br)cc1)NC(C)COC. The third-order valence-electron chi connectivity index (χ3n) is 2.73. The first-order valence-corrected chi connectivity index (χ1v) is 8.60. The molecule has 0 aromatic heterocycles. The number of aliphatic imine (C=N–C) groups is 1. The minimum atomic E-state index is 0.232. The maximum Gasteiger partial charge on any atom is 0.191 e. The van der Waals surface area contributed by atoms with Gasteiger partial charge in [-0.05, 0) is 31.2 Å². The van der Waals surface area contributed by atoms with Gasteiger partial charge in [0.2, 0.25) is 0 Å². The van der Waals surface area contributed by atoms with Crippen LogP contribution < -0.4 is 10.6 Å². The van der Waals surface area contributed by atoms with E-state index in [0.717, 1.165) is 17.0 Å². The van der Waals surface area contributed by atoms with Crippen LogP contribution in [0.25, 0.3) is 0 Å². The van der Waals surface area contributed by atoms with Crippen molar-refractivity contribution in [2.24, 2.45) is 4.99 Å². The van der Waals surface area contributed by atoms with Crippen LogP contribution in [-0.4, -0.2) is 44.6 Å². The van der Waals surface area contributed by atoms with Crippen LogP contribution in [0.3, 0.4) is 0 Å². The molecular weight excluding hydrogens is 350 g/mol. The first-order valence-electron chi connectivity index (χ1n) is 6.93. The average molecular weight is 374 g/mol. The van der Waals surface area contributed by atoms with Gasteiger partial charge >= 0.3 is 0 Å². The molecule has 4 nitrogen and oxygen atoms in total. The molecule has 2 unspecified atom stereocenters. The van der Waals surface area contributed by atoms with E-state index in [9.17, 15) is 0 Å². The molecule has 0 saturated carbocycles. The molecule has 2 N–H and O–H groups in total. The smallest absolute Gasteiger partial charge is 0.191 e. The highest BCUT2D eigenvalue weighted by atomic mass is 79.9. The van der Waals surface area contributed by atoms with E-state index in [1.165, 1.54) is 4.90 Å². The van der Waals surface area contributed by atoms with Crippen LogP contribution in [0, 0.1) is 0 Å². The van der Waals surface area contributed by atoms with Crippen LogP contribution in [-0.2, 0) is 4.74 Å². The highest BCUT2D eigenvalue weighted by Gasteiger charge is 2.08. The van der Waals surface area contributed by atoms with E-state index < -0.39 is 0 Å². The van der Waals surface area contributed by atoms with E-state index in [-0.39, 0.29) is 6.04 Å². The molecule has 0 aliphatic heterocycles. The summed E-state index contributed by atoms with van der Waals surface area (Å²) in [6.45, 7) is 5.77. The summed E-state index contributed by atoms with van der Waals surface area (Å²) in [6.07, 6.45) is 0. The standard InChI is InChI=1S/C15H24BrN3OS/c1-11(10-20-4)19-15(17-3)18-9-12(2)21-14-7-5-13(16)6-8-14/h5-8,11-12H,9-10H2,1-4H3,(H2,17,18,19). The zero-order valence-electron chi connectivity index (χ0n) is 13.0. The Morgan fingerprint density at radius 1 is 1.33 bits per heavy atom. The van der Waals surface area contributed by atoms with E-state index in [2.05, 4.69) is 69.7 Å². The number of nitrogens with one attached hydrogen (secondary N) is 2. The van der Waals surface area contributed by atoms with Crippen LogP contribution in [0.15, 0.2) is 38.6 Å². The van der Waals surface area contributed by atoms with Crippen LogP contribution in [0.4, 0.5) is 0 Å². The average Bonchev–Trinajstić information content (AvgIpc) is 2.46. The van der Waals surface area contributed by atoms with Crippen LogP contribution in [0.2, 0.25) is 0 Å². The predicted octanol–water partition coefficient (Wildman–Crippen LogP) is 3.13. The quantitative estimate of drug-likeness (QED) is 0.437. The zero-order valence-corrected chi connectivity index (χ0v) is 15.4. The minimum absolute atomic E-state index is 0.232. The number of hydrogen-bond acceptors (Lipinski definition) is 3. The number of thioether (sulfide) groups is 1. The molecule has 6 heteroatoms. The normalized spacial score (nSPS) is 14.6. The van der Waals surface area contributed by atoms with Gasteiger partial charge in [0.1, 0.15) is 0 Å². The van der Waals surface area contributed by atoms with Gasteiger partial charge in [-0.2, -0.15) is 0 Å². The van der Waals surface area contributed by atoms with Crippen molar-refractivity contribution in [1.82, 2.24) is 10.6 Å². The fourth-order valence-corrected chi connectivity index (χ4v) is 2.94. The van der Waals surface area contributed by atoms with E-state index in [4.69, 9.17) is 4.74 Å². The number of nitrogens with zero attached hydrogens (tertiary/aromatic N) is 1. The van der Waals surface area contributed by atoms with Crippen molar-refractivity contribution in [3.63, 3.8) is 0 Å². The highest BCUT2D eigenvalue weighted by molar-refractivity contribution is 9.10. The molecule has 0 spiro atoms. The van der Waals surface area contributed by atoms with Gasteiger partial charge in [0, 0.05) is 41.4 Å². The Hall–Kier alpha value is -0.720. The molecule has 0 fully saturated rings. The third kappa shape index (κ3) is 7.74. The summed E-state index contributed by atoms with van der Waals surface area (Å²) in [4.78, 5) is 5.49. The molecule has 0 heterocycles. The van der Waals surface area contributed by atoms with Crippen molar-refractivity contribution in [2.75, 3.05) is 27.3 Å². The lowest BCUT2D eigenvalue weighted by Crippen LogP contribution is -2.45. The van der Waals surface area contributed by atoms with Crippen LogP contribution in [0.1, 0.15) is 13.8 Å². The van der Waals surface area contributed by atoms with Gasteiger partial charge in [-0.3, -0.25) is 4.99 Å². The number of hydrogen-bond donors (Lipinski definition) is 2. The van der Waals surface area contributed by atoms with Crippen molar-refractivity contribution in [2.45, 2.75) is 30.0 Å². The first kappa shape index (κ1) is 18.3. The fourth-order valence-electron chi connectivity index (χ4n) is 1.75. The molecule has 0 aliphatic rings. The molecule has 1 aromatic carbocycles. The fraction of sp³-hybridized carbons (Fsp3) is 0.533. The molecule has 0 radical (unpaired) electrons. The summed E-state index contributed by atoms with van der Waals surface area (Å²) in [5, 5.41) is 7.08. The summed E-state index contributed by atoms with van der Waals surface area (Å²) in [5.41, 5.74) is 0. The second-order valence-corrected chi connectivity index (χ2v) is 7.26. The molecule has 1 aromatic rings. The van der Waals surface area contributed by atoms with Gasteiger partial charge in [-0.25, -0.2) is 0 Å². The summed E-state index contributed by atoms with van der Waals surface area (Å²) >= 11 is 5.29. The minimum Gasteiger partial charge on any atom is -0.383 e. The Morgan fingerprint density at radius 2 is 2.00 bits per heavy atom. The number of rotatable bonds is 7. The molecule has 21 heavy (non-hydrogen) atoms. The second kappa shape index (κ2) is 10.1. The summed E-state index contributed by atoms with van der Waals surface area (Å²) in [6, 6.07) is 8.61. The van der Waals surface area contributed by atoms with Gasteiger partial charge in [0.15, 0.2) is 5.96 Å². The van der Waals surface area contributed by atoms with Gasteiger partial charge in [0.05, 0.1) is 6.61 Å². The van der Waals surface area contributed by atoms with Gasteiger partial charge in [-0.15, -0.1) is 11.8 Å². The lowest BCUT2D eigenvalue weighted by atomic mass is 10.4. The topological polar surface area (TPSA) is 45.7 Å². The number of ether oxygens (including phenoxy) is 1. The van der Waals surface area contributed by atoms with Crippen molar-refractivity contribution in [1.29, 1.82) is 0 Å². The molecule has 2 atom stereocenters. The van der Waals surface area contributed by atoms with Crippen molar-refractivity contribution in [3.05, 3.63) is 28.7 Å². The summed E-state index contributed by atoms with van der Waals surface area (Å²) in [7, 11) is 3.48. The molecule has 1 rings (SSSR count). The largest absolute Gasteiger partial charge is 0.383 e. The second-order valence-electron chi connectivity index (χ2n) is 4.84.